The Balaban J connectivity index is 2.76. The van der Waals surface area contributed by atoms with Gasteiger partial charge in [-0.3, -0.25) is 9.79 Å². The lowest BCUT2D eigenvalue weighted by atomic mass is 10.0. The van der Waals surface area contributed by atoms with E-state index in [-0.39, 0.29) is 5.97 Å². The van der Waals surface area contributed by atoms with Crippen molar-refractivity contribution in [3.8, 4) is 0 Å². The van der Waals surface area contributed by atoms with Crippen LogP contribution in [0.2, 0.25) is 0 Å². The third-order valence-corrected chi connectivity index (χ3v) is 2.28. The number of carbonyl (C=O) groups excluding carboxylic acids is 1. The van der Waals surface area contributed by atoms with E-state index < -0.39 is 5.41 Å². The quantitative estimate of drug-likeness (QED) is 0.510. The number of allylic oxidation sites excluding steroid dienone is 1. The Kier molecular flexibility index (Phi) is 2.70. The first-order valence-electron chi connectivity index (χ1n) is 4.14. The molecule has 1 aliphatic carbocycles. The second kappa shape index (κ2) is 3.60. The van der Waals surface area contributed by atoms with Gasteiger partial charge in [-0.25, -0.2) is 0 Å². The number of ether oxygens (including phenoxy) is 1. The summed E-state index contributed by atoms with van der Waals surface area (Å²) in [6, 6.07) is 0. The minimum absolute atomic E-state index is 0.245. The first-order valence-corrected chi connectivity index (χ1v) is 4.14. The number of carbonyl (C=O) groups is 1. The molecule has 0 spiro atoms. The Labute approximate surface area is 77.5 Å². The molecule has 0 aliphatic heterocycles. The standard InChI is InChI=1S/C9H14N2O2/c1-11-6-3-7(10)9(4-5-9)8(12)13-2/h3,6H,4-5,10H2,1-2H3/b7-3-,11-6?. The van der Waals surface area contributed by atoms with Gasteiger partial charge >= 0.3 is 5.97 Å². The van der Waals surface area contributed by atoms with E-state index in [2.05, 4.69) is 9.73 Å². The number of esters is 1. The van der Waals surface area contributed by atoms with Gasteiger partial charge in [0.2, 0.25) is 0 Å². The largest absolute Gasteiger partial charge is 0.468 e. The van der Waals surface area contributed by atoms with Crippen LogP contribution in [0.4, 0.5) is 0 Å². The smallest absolute Gasteiger partial charge is 0.317 e. The minimum Gasteiger partial charge on any atom is -0.468 e. The van der Waals surface area contributed by atoms with Gasteiger partial charge in [-0.2, -0.15) is 0 Å². The summed E-state index contributed by atoms with van der Waals surface area (Å²) in [5.74, 6) is -0.245. The summed E-state index contributed by atoms with van der Waals surface area (Å²) in [7, 11) is 3.03. The van der Waals surface area contributed by atoms with Crippen LogP contribution in [0.25, 0.3) is 0 Å². The first-order chi connectivity index (χ1) is 6.17. The summed E-state index contributed by atoms with van der Waals surface area (Å²) in [6.45, 7) is 0. The summed E-state index contributed by atoms with van der Waals surface area (Å²) in [5.41, 5.74) is 5.75. The summed E-state index contributed by atoms with van der Waals surface area (Å²) >= 11 is 0. The normalized spacial score (nSPS) is 20.3. The maximum atomic E-state index is 11.3. The zero-order valence-corrected chi connectivity index (χ0v) is 7.91. The van der Waals surface area contributed by atoms with Gasteiger partial charge in [0.05, 0.1) is 7.11 Å². The second-order valence-electron chi connectivity index (χ2n) is 3.10. The molecule has 0 unspecified atom stereocenters. The summed E-state index contributed by atoms with van der Waals surface area (Å²) < 4.78 is 4.67. The van der Waals surface area contributed by atoms with Crippen molar-refractivity contribution >= 4 is 12.2 Å². The molecule has 2 N–H and O–H groups in total. The third kappa shape index (κ3) is 1.71. The molecule has 0 saturated heterocycles. The van der Waals surface area contributed by atoms with Gasteiger partial charge < -0.3 is 10.5 Å². The maximum Gasteiger partial charge on any atom is 0.317 e. The molecule has 4 nitrogen and oxygen atoms in total. The molecule has 1 fully saturated rings. The Morgan fingerprint density at radius 2 is 2.23 bits per heavy atom. The number of hydrogen-bond donors (Lipinski definition) is 1. The summed E-state index contributed by atoms with van der Waals surface area (Å²) in [5, 5.41) is 0. The van der Waals surface area contributed by atoms with Crippen LogP contribution in [0.3, 0.4) is 0 Å². The zero-order valence-electron chi connectivity index (χ0n) is 7.91. The molecule has 0 amide bonds. The topological polar surface area (TPSA) is 64.7 Å². The SMILES string of the molecule is CN=C/C=C(\N)C1(C(=O)OC)CC1. The fourth-order valence-electron chi connectivity index (χ4n) is 1.25. The van der Waals surface area contributed by atoms with Gasteiger partial charge in [0.15, 0.2) is 0 Å². The molecule has 0 aromatic heterocycles. The molecular formula is C9H14N2O2. The summed E-state index contributed by atoms with van der Waals surface area (Å²) in [6.07, 6.45) is 4.79. The number of nitrogens with zero attached hydrogens (tertiary/aromatic N) is 1. The van der Waals surface area contributed by atoms with Crippen LogP contribution in [0.1, 0.15) is 12.8 Å². The average Bonchev–Trinajstić information content (AvgIpc) is 2.93. The van der Waals surface area contributed by atoms with Crippen molar-refractivity contribution < 1.29 is 9.53 Å². The fraction of sp³-hybridized carbons (Fsp3) is 0.556. The summed E-state index contributed by atoms with van der Waals surface area (Å²) in [4.78, 5) is 15.1. The van der Waals surface area contributed by atoms with E-state index in [9.17, 15) is 4.79 Å². The molecule has 0 heterocycles. The van der Waals surface area contributed by atoms with E-state index in [1.807, 2.05) is 0 Å². The van der Waals surface area contributed by atoms with Gasteiger partial charge in [0.1, 0.15) is 5.41 Å². The van der Waals surface area contributed by atoms with Crippen molar-refractivity contribution in [3.05, 3.63) is 11.8 Å². The van der Waals surface area contributed by atoms with Crippen LogP contribution >= 0.6 is 0 Å². The van der Waals surface area contributed by atoms with Gasteiger partial charge in [0.25, 0.3) is 0 Å². The van der Waals surface area contributed by atoms with Crippen molar-refractivity contribution in [2.45, 2.75) is 12.8 Å². The van der Waals surface area contributed by atoms with Crippen LogP contribution in [0.5, 0.6) is 0 Å². The van der Waals surface area contributed by atoms with Gasteiger partial charge in [-0.1, -0.05) is 0 Å². The van der Waals surface area contributed by atoms with Crippen LogP contribution in [-0.2, 0) is 9.53 Å². The van der Waals surface area contributed by atoms with Crippen molar-refractivity contribution in [1.29, 1.82) is 0 Å². The molecule has 72 valence electrons. The Hall–Kier alpha value is -1.32. The van der Waals surface area contributed by atoms with Crippen molar-refractivity contribution in [2.75, 3.05) is 14.2 Å². The van der Waals surface area contributed by atoms with E-state index in [0.29, 0.717) is 5.70 Å². The lowest BCUT2D eigenvalue weighted by Gasteiger charge is -2.11. The average molecular weight is 182 g/mol. The van der Waals surface area contributed by atoms with Crippen LogP contribution in [0, 0.1) is 5.41 Å². The fourth-order valence-corrected chi connectivity index (χ4v) is 1.25. The Bertz CT molecular complexity index is 265. The molecule has 0 aromatic rings. The third-order valence-electron chi connectivity index (χ3n) is 2.28. The van der Waals surface area contributed by atoms with Crippen LogP contribution < -0.4 is 5.73 Å². The maximum absolute atomic E-state index is 11.3. The van der Waals surface area contributed by atoms with Gasteiger partial charge in [-0.05, 0) is 18.9 Å². The van der Waals surface area contributed by atoms with Crippen LogP contribution in [-0.4, -0.2) is 26.3 Å². The highest BCUT2D eigenvalue weighted by atomic mass is 16.5. The minimum atomic E-state index is -0.546. The van der Waals surface area contributed by atoms with E-state index >= 15 is 0 Å². The van der Waals surface area contributed by atoms with E-state index in [4.69, 9.17) is 5.73 Å². The lowest BCUT2D eigenvalue weighted by Crippen LogP contribution is -2.24. The van der Waals surface area contributed by atoms with E-state index in [1.165, 1.54) is 7.11 Å². The Morgan fingerprint density at radius 1 is 1.62 bits per heavy atom. The Morgan fingerprint density at radius 3 is 2.62 bits per heavy atom. The molecule has 0 atom stereocenters. The molecule has 4 heteroatoms. The highest BCUT2D eigenvalue weighted by molar-refractivity contribution is 5.85. The second-order valence-corrected chi connectivity index (χ2v) is 3.10. The highest BCUT2D eigenvalue weighted by Gasteiger charge is 2.53. The number of rotatable bonds is 3. The molecule has 1 aliphatic rings. The molecule has 0 bridgehead atoms. The van der Waals surface area contributed by atoms with E-state index in [1.54, 1.807) is 19.3 Å². The predicted molar refractivity (Wildman–Crippen MR) is 50.4 cm³/mol. The van der Waals surface area contributed by atoms with E-state index in [0.717, 1.165) is 12.8 Å². The molecule has 13 heavy (non-hydrogen) atoms. The zero-order chi connectivity index (χ0) is 9.90. The molecule has 0 radical (unpaired) electrons. The molecular weight excluding hydrogens is 168 g/mol. The van der Waals surface area contributed by atoms with Crippen molar-refractivity contribution in [3.63, 3.8) is 0 Å². The number of hydrogen-bond acceptors (Lipinski definition) is 4. The van der Waals surface area contributed by atoms with Crippen molar-refractivity contribution in [2.24, 2.45) is 16.1 Å². The number of aliphatic imine (C=N–C) groups is 1. The molecule has 0 aromatic carbocycles. The predicted octanol–water partition coefficient (Wildman–Crippen LogP) is 0.483. The van der Waals surface area contributed by atoms with Crippen LogP contribution in [0.15, 0.2) is 16.8 Å². The van der Waals surface area contributed by atoms with Gasteiger partial charge in [-0.15, -0.1) is 0 Å². The first kappa shape index (κ1) is 9.77. The molecule has 1 saturated carbocycles. The highest BCUT2D eigenvalue weighted by Crippen LogP contribution is 2.50. The molecule has 1 rings (SSSR count). The lowest BCUT2D eigenvalue weighted by molar-refractivity contribution is -0.145. The monoisotopic (exact) mass is 182 g/mol. The van der Waals surface area contributed by atoms with Crippen molar-refractivity contribution in [1.82, 2.24) is 0 Å². The number of nitrogens with two attached hydrogens (primary N) is 1. The number of methoxy groups -OCH3 is 1. The van der Waals surface area contributed by atoms with Gasteiger partial charge in [0, 0.05) is 19.0 Å².